The van der Waals surface area contributed by atoms with Gasteiger partial charge in [0.2, 0.25) is 0 Å². The van der Waals surface area contributed by atoms with Crippen molar-refractivity contribution in [3.63, 3.8) is 0 Å². The summed E-state index contributed by atoms with van der Waals surface area (Å²) in [7, 11) is 1.34. The van der Waals surface area contributed by atoms with E-state index in [1.54, 1.807) is 34.9 Å². The van der Waals surface area contributed by atoms with Crippen LogP contribution in [-0.4, -0.2) is 27.7 Å². The monoisotopic (exact) mass is 365 g/mol. The average Bonchev–Trinajstić information content (AvgIpc) is 2.91. The predicted octanol–water partition coefficient (Wildman–Crippen LogP) is 3.60. The van der Waals surface area contributed by atoms with Crippen LogP contribution in [-0.2, 0) is 4.74 Å². The molecule has 0 saturated carbocycles. The molecule has 3 rings (SSSR count). The highest BCUT2D eigenvalue weighted by Crippen LogP contribution is 2.30. The van der Waals surface area contributed by atoms with Crippen LogP contribution in [0.25, 0.3) is 17.0 Å². The number of methoxy groups -OCH3 is 1. The molecule has 21 heavy (non-hydrogen) atoms. The van der Waals surface area contributed by atoms with E-state index < -0.39 is 5.97 Å². The number of halogens is 2. The Bertz CT molecular complexity index is 847. The summed E-state index contributed by atoms with van der Waals surface area (Å²) in [6.45, 7) is 0. The number of hydrogen-bond donors (Lipinski definition) is 0. The van der Waals surface area contributed by atoms with E-state index in [0.717, 1.165) is 10.0 Å². The third-order valence-electron chi connectivity index (χ3n) is 2.99. The van der Waals surface area contributed by atoms with Gasteiger partial charge in [0.25, 0.3) is 0 Å². The lowest BCUT2D eigenvalue weighted by Crippen LogP contribution is -2.03. The number of benzene rings is 1. The third-order valence-corrected chi connectivity index (χ3v) is 3.92. The fourth-order valence-electron chi connectivity index (χ4n) is 1.98. The smallest absolute Gasteiger partial charge is 0.339 e. The van der Waals surface area contributed by atoms with Crippen molar-refractivity contribution in [3.05, 3.63) is 51.6 Å². The molecule has 0 atom stereocenters. The van der Waals surface area contributed by atoms with Gasteiger partial charge < -0.3 is 4.74 Å². The standard InChI is InChI=1S/C14H9BrClN3O2/c1-21-14(20)8-2-5-12-17-18-13(19(12)7-8)10-6-9(16)3-4-11(10)15/h2-7H,1H3. The van der Waals surface area contributed by atoms with Gasteiger partial charge in [-0.25, -0.2) is 4.79 Å². The maximum absolute atomic E-state index is 11.6. The second kappa shape index (κ2) is 5.46. The number of pyridine rings is 1. The highest BCUT2D eigenvalue weighted by atomic mass is 79.9. The van der Waals surface area contributed by atoms with Crippen LogP contribution in [0.2, 0.25) is 5.02 Å². The summed E-state index contributed by atoms with van der Waals surface area (Å²) in [5, 5.41) is 8.85. The zero-order chi connectivity index (χ0) is 15.0. The van der Waals surface area contributed by atoms with Crippen molar-refractivity contribution in [2.24, 2.45) is 0 Å². The lowest BCUT2D eigenvalue weighted by Gasteiger charge is -2.05. The molecule has 0 aliphatic carbocycles. The Hall–Kier alpha value is -1.92. The van der Waals surface area contributed by atoms with Crippen molar-refractivity contribution in [1.82, 2.24) is 14.6 Å². The molecule has 0 amide bonds. The van der Waals surface area contributed by atoms with Gasteiger partial charge in [0.15, 0.2) is 11.5 Å². The summed E-state index contributed by atoms with van der Waals surface area (Å²) in [6, 6.07) is 8.75. The minimum Gasteiger partial charge on any atom is -0.465 e. The van der Waals surface area contributed by atoms with Crippen LogP contribution in [0.5, 0.6) is 0 Å². The molecule has 106 valence electrons. The van der Waals surface area contributed by atoms with Gasteiger partial charge in [-0.3, -0.25) is 4.40 Å². The quantitative estimate of drug-likeness (QED) is 0.650. The number of ether oxygens (including phenoxy) is 1. The first-order valence-corrected chi connectivity index (χ1v) is 7.16. The van der Waals surface area contributed by atoms with E-state index in [2.05, 4.69) is 26.1 Å². The summed E-state index contributed by atoms with van der Waals surface area (Å²) in [4.78, 5) is 11.6. The summed E-state index contributed by atoms with van der Waals surface area (Å²) < 4.78 is 7.29. The minimum absolute atomic E-state index is 0.415. The Labute approximate surface area is 133 Å². The second-order valence-corrected chi connectivity index (χ2v) is 5.58. The molecule has 7 heteroatoms. The van der Waals surface area contributed by atoms with Crippen molar-refractivity contribution < 1.29 is 9.53 Å². The average molecular weight is 367 g/mol. The SMILES string of the molecule is COC(=O)c1ccc2nnc(-c3cc(Cl)ccc3Br)n2c1. The van der Waals surface area contributed by atoms with Crippen molar-refractivity contribution in [3.8, 4) is 11.4 Å². The number of hydrogen-bond acceptors (Lipinski definition) is 4. The largest absolute Gasteiger partial charge is 0.465 e. The number of esters is 1. The molecule has 0 saturated heterocycles. The summed E-state index contributed by atoms with van der Waals surface area (Å²) in [5.74, 6) is 0.173. The molecular formula is C14H9BrClN3O2. The second-order valence-electron chi connectivity index (χ2n) is 4.29. The molecule has 1 aromatic carbocycles. The molecule has 0 bridgehead atoms. The first-order chi connectivity index (χ1) is 10.1. The Morgan fingerprint density at radius 2 is 2.10 bits per heavy atom. The fraction of sp³-hybridized carbons (Fsp3) is 0.0714. The first kappa shape index (κ1) is 14.0. The normalized spacial score (nSPS) is 10.8. The lowest BCUT2D eigenvalue weighted by molar-refractivity contribution is 0.0600. The molecule has 0 N–H and O–H groups in total. The van der Waals surface area contributed by atoms with Crippen LogP contribution in [0.4, 0.5) is 0 Å². The Kier molecular flexibility index (Phi) is 3.65. The summed E-state index contributed by atoms with van der Waals surface area (Å²) >= 11 is 9.50. The molecular weight excluding hydrogens is 358 g/mol. The zero-order valence-electron chi connectivity index (χ0n) is 10.9. The fourth-order valence-corrected chi connectivity index (χ4v) is 2.58. The molecule has 0 aliphatic rings. The maximum atomic E-state index is 11.6. The van der Waals surface area contributed by atoms with Gasteiger partial charge in [0, 0.05) is 21.3 Å². The Morgan fingerprint density at radius 3 is 2.86 bits per heavy atom. The molecule has 0 unspecified atom stereocenters. The van der Waals surface area contributed by atoms with Gasteiger partial charge in [-0.1, -0.05) is 27.5 Å². The molecule has 0 fully saturated rings. The molecule has 3 aromatic rings. The minimum atomic E-state index is -0.415. The highest BCUT2D eigenvalue weighted by Gasteiger charge is 2.14. The van der Waals surface area contributed by atoms with Crippen LogP contribution >= 0.6 is 27.5 Å². The van der Waals surface area contributed by atoms with E-state index in [-0.39, 0.29) is 0 Å². The Morgan fingerprint density at radius 1 is 1.29 bits per heavy atom. The number of carbonyl (C=O) groups excluding carboxylic acids is 1. The predicted molar refractivity (Wildman–Crippen MR) is 82.5 cm³/mol. The van der Waals surface area contributed by atoms with E-state index in [9.17, 15) is 4.79 Å². The van der Waals surface area contributed by atoms with E-state index >= 15 is 0 Å². The highest BCUT2D eigenvalue weighted by molar-refractivity contribution is 9.10. The molecule has 0 spiro atoms. The van der Waals surface area contributed by atoms with Crippen molar-refractivity contribution >= 4 is 39.1 Å². The molecule has 5 nitrogen and oxygen atoms in total. The number of aromatic nitrogens is 3. The zero-order valence-corrected chi connectivity index (χ0v) is 13.2. The van der Waals surface area contributed by atoms with Crippen LogP contribution in [0.15, 0.2) is 41.0 Å². The van der Waals surface area contributed by atoms with E-state index in [4.69, 9.17) is 16.3 Å². The van der Waals surface area contributed by atoms with E-state index in [1.807, 2.05) is 6.07 Å². The summed E-state index contributed by atoms with van der Waals surface area (Å²) in [6.07, 6.45) is 1.64. The molecule has 2 heterocycles. The number of nitrogens with zero attached hydrogens (tertiary/aromatic N) is 3. The van der Waals surface area contributed by atoms with Gasteiger partial charge in [-0.2, -0.15) is 0 Å². The molecule has 0 radical (unpaired) electrons. The molecule has 0 aliphatic heterocycles. The van der Waals surface area contributed by atoms with Crippen LogP contribution in [0.3, 0.4) is 0 Å². The van der Waals surface area contributed by atoms with Gasteiger partial charge >= 0.3 is 5.97 Å². The summed E-state index contributed by atoms with van der Waals surface area (Å²) in [5.41, 5.74) is 1.84. The van der Waals surface area contributed by atoms with Crippen LogP contribution in [0, 0.1) is 0 Å². The lowest BCUT2D eigenvalue weighted by atomic mass is 10.2. The van der Waals surface area contributed by atoms with Gasteiger partial charge in [0.1, 0.15) is 0 Å². The van der Waals surface area contributed by atoms with Gasteiger partial charge in [-0.05, 0) is 30.3 Å². The first-order valence-electron chi connectivity index (χ1n) is 5.98. The van der Waals surface area contributed by atoms with E-state index in [1.165, 1.54) is 7.11 Å². The van der Waals surface area contributed by atoms with Crippen molar-refractivity contribution in [2.75, 3.05) is 7.11 Å². The van der Waals surface area contributed by atoms with Crippen molar-refractivity contribution in [1.29, 1.82) is 0 Å². The maximum Gasteiger partial charge on any atom is 0.339 e. The number of fused-ring (bicyclic) bond motifs is 1. The van der Waals surface area contributed by atoms with Gasteiger partial charge in [0.05, 0.1) is 12.7 Å². The molecule has 2 aromatic heterocycles. The van der Waals surface area contributed by atoms with Crippen LogP contribution in [0.1, 0.15) is 10.4 Å². The van der Waals surface area contributed by atoms with Crippen LogP contribution < -0.4 is 0 Å². The Balaban J connectivity index is 2.23. The van der Waals surface area contributed by atoms with Crippen molar-refractivity contribution in [2.45, 2.75) is 0 Å². The third kappa shape index (κ3) is 2.52. The van der Waals surface area contributed by atoms with E-state index in [0.29, 0.717) is 22.1 Å². The van der Waals surface area contributed by atoms with Gasteiger partial charge in [-0.15, -0.1) is 10.2 Å². The number of rotatable bonds is 2. The number of carbonyl (C=O) groups is 1. The topological polar surface area (TPSA) is 56.5 Å².